The number of ether oxygens (including phenoxy) is 1. The van der Waals surface area contributed by atoms with Crippen LogP contribution in [-0.4, -0.2) is 16.1 Å². The van der Waals surface area contributed by atoms with Gasteiger partial charge in [-0.05, 0) is 62.7 Å². The number of aryl methyl sites for hydroxylation is 3. The smallest absolute Gasteiger partial charge is 0.255 e. The lowest BCUT2D eigenvalue weighted by Crippen LogP contribution is -2.12. The first-order chi connectivity index (χ1) is 12.0. The van der Waals surface area contributed by atoms with Crippen molar-refractivity contribution in [3.05, 3.63) is 77.0 Å². The standard InChI is InChI=1S/C20H19N3O2/c1-13-4-10-18(14(2)12-13)21-20(24)16-6-8-17(9-7-16)25-19-11-5-15(3)22-23-19/h4-12H,1-3H3,(H,21,24). The zero-order valence-electron chi connectivity index (χ0n) is 14.4. The maximum Gasteiger partial charge on any atom is 0.255 e. The topological polar surface area (TPSA) is 64.1 Å². The monoisotopic (exact) mass is 333 g/mol. The van der Waals surface area contributed by atoms with E-state index >= 15 is 0 Å². The number of nitrogens with one attached hydrogen (secondary N) is 1. The van der Waals surface area contributed by atoms with Gasteiger partial charge in [0.15, 0.2) is 0 Å². The molecule has 25 heavy (non-hydrogen) atoms. The van der Waals surface area contributed by atoms with Gasteiger partial charge < -0.3 is 10.1 Å². The van der Waals surface area contributed by atoms with E-state index in [-0.39, 0.29) is 5.91 Å². The molecule has 1 aromatic heterocycles. The van der Waals surface area contributed by atoms with Crippen molar-refractivity contribution >= 4 is 11.6 Å². The number of amides is 1. The molecule has 126 valence electrons. The lowest BCUT2D eigenvalue weighted by molar-refractivity contribution is 0.102. The molecule has 0 unspecified atom stereocenters. The molecule has 0 radical (unpaired) electrons. The Balaban J connectivity index is 1.68. The number of aromatic nitrogens is 2. The number of anilines is 1. The minimum absolute atomic E-state index is 0.159. The zero-order chi connectivity index (χ0) is 17.8. The van der Waals surface area contributed by atoms with Crippen LogP contribution >= 0.6 is 0 Å². The average Bonchev–Trinajstić information content (AvgIpc) is 2.60. The first kappa shape index (κ1) is 16.6. The molecule has 5 heteroatoms. The Morgan fingerprint density at radius 3 is 2.32 bits per heavy atom. The van der Waals surface area contributed by atoms with E-state index in [1.165, 1.54) is 0 Å². The van der Waals surface area contributed by atoms with Gasteiger partial charge in [0.05, 0.1) is 5.69 Å². The number of carbonyl (C=O) groups excluding carboxylic acids is 1. The van der Waals surface area contributed by atoms with Crippen LogP contribution in [0, 0.1) is 20.8 Å². The molecule has 3 rings (SSSR count). The summed E-state index contributed by atoms with van der Waals surface area (Å²) in [6.07, 6.45) is 0. The molecule has 0 aliphatic rings. The highest BCUT2D eigenvalue weighted by Gasteiger charge is 2.08. The molecule has 0 saturated heterocycles. The fourth-order valence-corrected chi connectivity index (χ4v) is 2.38. The summed E-state index contributed by atoms with van der Waals surface area (Å²) in [7, 11) is 0. The molecule has 0 fully saturated rings. The molecule has 5 nitrogen and oxygen atoms in total. The molecule has 0 aliphatic carbocycles. The molecule has 1 N–H and O–H groups in total. The lowest BCUT2D eigenvalue weighted by atomic mass is 10.1. The van der Waals surface area contributed by atoms with Crippen molar-refractivity contribution in [2.45, 2.75) is 20.8 Å². The third-order valence-corrected chi connectivity index (χ3v) is 3.74. The molecule has 0 saturated carbocycles. The predicted molar refractivity (Wildman–Crippen MR) is 97.2 cm³/mol. The van der Waals surface area contributed by atoms with Crippen LogP contribution in [0.1, 0.15) is 27.2 Å². The number of hydrogen-bond acceptors (Lipinski definition) is 4. The number of hydrogen-bond donors (Lipinski definition) is 1. The summed E-state index contributed by atoms with van der Waals surface area (Å²) < 4.78 is 5.61. The van der Waals surface area contributed by atoms with Gasteiger partial charge in [-0.1, -0.05) is 17.7 Å². The van der Waals surface area contributed by atoms with E-state index in [1.54, 1.807) is 30.3 Å². The van der Waals surface area contributed by atoms with Crippen molar-refractivity contribution in [3.8, 4) is 11.6 Å². The number of rotatable bonds is 4. The van der Waals surface area contributed by atoms with Crippen molar-refractivity contribution in [2.75, 3.05) is 5.32 Å². The SMILES string of the molecule is Cc1ccc(NC(=O)c2ccc(Oc3ccc(C)nn3)cc2)c(C)c1. The Morgan fingerprint density at radius 2 is 1.68 bits per heavy atom. The number of benzene rings is 2. The van der Waals surface area contributed by atoms with Crippen LogP contribution in [0.3, 0.4) is 0 Å². The van der Waals surface area contributed by atoms with E-state index < -0.39 is 0 Å². The first-order valence-corrected chi connectivity index (χ1v) is 7.98. The maximum absolute atomic E-state index is 12.4. The Hall–Kier alpha value is -3.21. The van der Waals surface area contributed by atoms with E-state index in [2.05, 4.69) is 15.5 Å². The van der Waals surface area contributed by atoms with E-state index in [0.29, 0.717) is 17.2 Å². The molecule has 1 amide bonds. The molecule has 1 heterocycles. The third kappa shape index (κ3) is 4.20. The van der Waals surface area contributed by atoms with Gasteiger partial charge in [-0.25, -0.2) is 0 Å². The second-order valence-electron chi connectivity index (χ2n) is 5.91. The van der Waals surface area contributed by atoms with E-state index in [1.807, 2.05) is 45.0 Å². The third-order valence-electron chi connectivity index (χ3n) is 3.74. The quantitative estimate of drug-likeness (QED) is 0.766. The van der Waals surface area contributed by atoms with Crippen LogP contribution in [0.4, 0.5) is 5.69 Å². The minimum atomic E-state index is -0.159. The van der Waals surface area contributed by atoms with Gasteiger partial charge in [0.1, 0.15) is 5.75 Å². The van der Waals surface area contributed by atoms with E-state index in [9.17, 15) is 4.79 Å². The lowest BCUT2D eigenvalue weighted by Gasteiger charge is -2.10. The fraction of sp³-hybridized carbons (Fsp3) is 0.150. The summed E-state index contributed by atoms with van der Waals surface area (Å²) in [5.41, 5.74) is 4.39. The summed E-state index contributed by atoms with van der Waals surface area (Å²) in [5.74, 6) is 0.855. The van der Waals surface area contributed by atoms with Gasteiger partial charge in [-0.2, -0.15) is 5.10 Å². The molecule has 0 bridgehead atoms. The Morgan fingerprint density at radius 1 is 0.920 bits per heavy atom. The van der Waals surface area contributed by atoms with Gasteiger partial charge in [0.2, 0.25) is 5.88 Å². The van der Waals surface area contributed by atoms with Crippen LogP contribution in [-0.2, 0) is 0 Å². The van der Waals surface area contributed by atoms with Crippen LogP contribution < -0.4 is 10.1 Å². The molecule has 3 aromatic rings. The highest BCUT2D eigenvalue weighted by molar-refractivity contribution is 6.04. The number of nitrogens with zero attached hydrogens (tertiary/aromatic N) is 2. The van der Waals surface area contributed by atoms with Crippen molar-refractivity contribution in [2.24, 2.45) is 0 Å². The molecular weight excluding hydrogens is 314 g/mol. The van der Waals surface area contributed by atoms with Gasteiger partial charge in [-0.15, -0.1) is 5.10 Å². The summed E-state index contributed by atoms with van der Waals surface area (Å²) in [6.45, 7) is 5.86. The summed E-state index contributed by atoms with van der Waals surface area (Å²) >= 11 is 0. The van der Waals surface area contributed by atoms with Crippen molar-refractivity contribution in [1.82, 2.24) is 10.2 Å². The van der Waals surface area contributed by atoms with Crippen LogP contribution in [0.5, 0.6) is 11.6 Å². The molecular formula is C20H19N3O2. The summed E-state index contributed by atoms with van der Waals surface area (Å²) in [6, 6.07) is 16.4. The largest absolute Gasteiger partial charge is 0.438 e. The second-order valence-corrected chi connectivity index (χ2v) is 5.91. The Bertz CT molecular complexity index is 888. The highest BCUT2D eigenvalue weighted by atomic mass is 16.5. The van der Waals surface area contributed by atoms with Crippen molar-refractivity contribution < 1.29 is 9.53 Å². The molecule has 0 aliphatic heterocycles. The second kappa shape index (κ2) is 7.13. The zero-order valence-corrected chi connectivity index (χ0v) is 14.4. The summed E-state index contributed by atoms with van der Waals surface area (Å²) in [5, 5.41) is 10.8. The van der Waals surface area contributed by atoms with Crippen molar-refractivity contribution in [3.63, 3.8) is 0 Å². The van der Waals surface area contributed by atoms with Gasteiger partial charge in [0.25, 0.3) is 5.91 Å². The van der Waals surface area contributed by atoms with Crippen molar-refractivity contribution in [1.29, 1.82) is 0 Å². The Labute approximate surface area is 146 Å². The molecule has 0 spiro atoms. The highest BCUT2D eigenvalue weighted by Crippen LogP contribution is 2.21. The van der Waals surface area contributed by atoms with E-state index in [0.717, 1.165) is 22.5 Å². The van der Waals surface area contributed by atoms with Crippen LogP contribution in [0.25, 0.3) is 0 Å². The first-order valence-electron chi connectivity index (χ1n) is 7.98. The van der Waals surface area contributed by atoms with Crippen LogP contribution in [0.15, 0.2) is 54.6 Å². The predicted octanol–water partition coefficient (Wildman–Crippen LogP) is 4.45. The van der Waals surface area contributed by atoms with Crippen LogP contribution in [0.2, 0.25) is 0 Å². The van der Waals surface area contributed by atoms with Gasteiger partial charge >= 0.3 is 0 Å². The average molecular weight is 333 g/mol. The molecule has 2 aromatic carbocycles. The Kier molecular flexibility index (Phi) is 4.75. The number of carbonyl (C=O) groups is 1. The van der Waals surface area contributed by atoms with Gasteiger partial charge in [0, 0.05) is 17.3 Å². The summed E-state index contributed by atoms with van der Waals surface area (Å²) in [4.78, 5) is 12.4. The fourth-order valence-electron chi connectivity index (χ4n) is 2.38. The van der Waals surface area contributed by atoms with E-state index in [4.69, 9.17) is 4.74 Å². The normalized spacial score (nSPS) is 10.4. The van der Waals surface area contributed by atoms with Gasteiger partial charge in [-0.3, -0.25) is 4.79 Å². The molecule has 0 atom stereocenters. The minimum Gasteiger partial charge on any atom is -0.438 e. The maximum atomic E-state index is 12.4.